The van der Waals surface area contributed by atoms with E-state index in [1.165, 1.54) is 13.2 Å². The Labute approximate surface area is 134 Å². The number of carbonyl (C=O) groups is 1. The molecule has 116 valence electrons. The maximum atomic E-state index is 11.8. The number of carbonyl (C=O) groups excluding carboxylic acids is 1. The molecule has 0 unspecified atom stereocenters. The minimum absolute atomic E-state index is 0.172. The number of ether oxygens (including phenoxy) is 2. The standard InChI is InChI=1S/C16H17ClN2O3/c1-8-5-6-11(21-3)9(2)13(8)15-14(18)10(16(20)22-4)7-12(17)19-15/h5-7H,18H2,1-4H3. The number of methoxy groups -OCH3 is 2. The monoisotopic (exact) mass is 320 g/mol. The van der Waals surface area contributed by atoms with Crippen molar-refractivity contribution in [1.29, 1.82) is 0 Å². The van der Waals surface area contributed by atoms with Crippen LogP contribution in [0.25, 0.3) is 11.3 Å². The second kappa shape index (κ2) is 6.23. The van der Waals surface area contributed by atoms with E-state index in [4.69, 9.17) is 26.8 Å². The van der Waals surface area contributed by atoms with Crippen molar-refractivity contribution in [2.45, 2.75) is 13.8 Å². The Morgan fingerprint density at radius 1 is 1.27 bits per heavy atom. The van der Waals surface area contributed by atoms with Crippen molar-refractivity contribution < 1.29 is 14.3 Å². The van der Waals surface area contributed by atoms with E-state index in [0.717, 1.165) is 16.7 Å². The second-order valence-corrected chi connectivity index (χ2v) is 5.22. The molecular weight excluding hydrogens is 304 g/mol. The van der Waals surface area contributed by atoms with Crippen molar-refractivity contribution in [2.75, 3.05) is 20.0 Å². The summed E-state index contributed by atoms with van der Waals surface area (Å²) in [5.41, 5.74) is 9.62. The first-order chi connectivity index (χ1) is 10.4. The van der Waals surface area contributed by atoms with E-state index >= 15 is 0 Å². The number of nitrogens with two attached hydrogens (primary N) is 1. The molecule has 0 spiro atoms. The van der Waals surface area contributed by atoms with Crippen molar-refractivity contribution in [3.63, 3.8) is 0 Å². The third-order valence-corrected chi connectivity index (χ3v) is 3.71. The maximum Gasteiger partial charge on any atom is 0.340 e. The lowest BCUT2D eigenvalue weighted by atomic mass is 9.96. The summed E-state index contributed by atoms with van der Waals surface area (Å²) < 4.78 is 10.1. The van der Waals surface area contributed by atoms with Gasteiger partial charge < -0.3 is 15.2 Å². The van der Waals surface area contributed by atoms with Crippen LogP contribution in [-0.4, -0.2) is 25.2 Å². The molecular formula is C16H17ClN2O3. The fraction of sp³-hybridized carbons (Fsp3) is 0.250. The summed E-state index contributed by atoms with van der Waals surface area (Å²) in [7, 11) is 2.88. The molecule has 0 saturated heterocycles. The van der Waals surface area contributed by atoms with E-state index < -0.39 is 5.97 Å². The number of halogens is 1. The lowest BCUT2D eigenvalue weighted by Crippen LogP contribution is -2.09. The van der Waals surface area contributed by atoms with Crippen LogP contribution in [0, 0.1) is 13.8 Å². The highest BCUT2D eigenvalue weighted by Gasteiger charge is 2.20. The number of nitrogen functional groups attached to an aromatic ring is 1. The Kier molecular flexibility index (Phi) is 4.56. The SMILES string of the molecule is COC(=O)c1cc(Cl)nc(-c2c(C)ccc(OC)c2C)c1N. The minimum Gasteiger partial charge on any atom is -0.496 e. The van der Waals surface area contributed by atoms with Crippen molar-refractivity contribution in [3.8, 4) is 17.0 Å². The van der Waals surface area contributed by atoms with Gasteiger partial charge in [0.15, 0.2) is 0 Å². The minimum atomic E-state index is -0.554. The van der Waals surface area contributed by atoms with Crippen LogP contribution in [-0.2, 0) is 4.74 Å². The lowest BCUT2D eigenvalue weighted by Gasteiger charge is -2.16. The van der Waals surface area contributed by atoms with Crippen LogP contribution in [0.2, 0.25) is 5.15 Å². The zero-order chi connectivity index (χ0) is 16.4. The highest BCUT2D eigenvalue weighted by atomic mass is 35.5. The van der Waals surface area contributed by atoms with Gasteiger partial charge in [0.05, 0.1) is 31.2 Å². The molecule has 1 aromatic heterocycles. The van der Waals surface area contributed by atoms with Crippen molar-refractivity contribution in [1.82, 2.24) is 4.98 Å². The number of hydrogen-bond donors (Lipinski definition) is 1. The first-order valence-electron chi connectivity index (χ1n) is 6.59. The Morgan fingerprint density at radius 3 is 2.55 bits per heavy atom. The van der Waals surface area contributed by atoms with Gasteiger partial charge >= 0.3 is 5.97 Å². The topological polar surface area (TPSA) is 74.4 Å². The Balaban J connectivity index is 2.79. The predicted molar refractivity (Wildman–Crippen MR) is 86.5 cm³/mol. The van der Waals surface area contributed by atoms with Crippen LogP contribution in [0.5, 0.6) is 5.75 Å². The number of benzene rings is 1. The van der Waals surface area contributed by atoms with Crippen LogP contribution < -0.4 is 10.5 Å². The van der Waals surface area contributed by atoms with Gasteiger partial charge in [-0.25, -0.2) is 9.78 Å². The first-order valence-corrected chi connectivity index (χ1v) is 6.97. The number of nitrogens with zero attached hydrogens (tertiary/aromatic N) is 1. The molecule has 0 radical (unpaired) electrons. The molecule has 0 aliphatic heterocycles. The number of anilines is 1. The number of pyridine rings is 1. The van der Waals surface area contributed by atoms with Crippen molar-refractivity contribution in [3.05, 3.63) is 40.0 Å². The molecule has 6 heteroatoms. The van der Waals surface area contributed by atoms with Crippen molar-refractivity contribution in [2.24, 2.45) is 0 Å². The number of aromatic nitrogens is 1. The average Bonchev–Trinajstić information content (AvgIpc) is 2.49. The van der Waals surface area contributed by atoms with E-state index in [0.29, 0.717) is 11.4 Å². The van der Waals surface area contributed by atoms with E-state index in [9.17, 15) is 4.79 Å². The molecule has 0 fully saturated rings. The molecule has 5 nitrogen and oxygen atoms in total. The van der Waals surface area contributed by atoms with Gasteiger partial charge in [-0.2, -0.15) is 0 Å². The smallest absolute Gasteiger partial charge is 0.340 e. The molecule has 1 heterocycles. The molecule has 22 heavy (non-hydrogen) atoms. The molecule has 0 saturated carbocycles. The third kappa shape index (κ3) is 2.72. The summed E-state index contributed by atoms with van der Waals surface area (Å²) in [5.74, 6) is 0.155. The third-order valence-electron chi connectivity index (χ3n) is 3.51. The fourth-order valence-electron chi connectivity index (χ4n) is 2.41. The van der Waals surface area contributed by atoms with Gasteiger partial charge in [0.2, 0.25) is 0 Å². The van der Waals surface area contributed by atoms with E-state index in [1.807, 2.05) is 26.0 Å². The van der Waals surface area contributed by atoms with E-state index in [2.05, 4.69) is 4.98 Å². The molecule has 2 aromatic rings. The van der Waals surface area contributed by atoms with Gasteiger partial charge in [-0.05, 0) is 31.5 Å². The molecule has 1 aromatic carbocycles. The molecule has 0 aliphatic rings. The van der Waals surface area contributed by atoms with Crippen LogP contribution in [0.1, 0.15) is 21.5 Å². The van der Waals surface area contributed by atoms with Crippen LogP contribution >= 0.6 is 11.6 Å². The molecule has 0 atom stereocenters. The highest BCUT2D eigenvalue weighted by molar-refractivity contribution is 6.30. The Bertz CT molecular complexity index is 745. The van der Waals surface area contributed by atoms with Crippen LogP contribution in [0.3, 0.4) is 0 Å². The normalized spacial score (nSPS) is 10.4. The zero-order valence-corrected chi connectivity index (χ0v) is 13.6. The lowest BCUT2D eigenvalue weighted by molar-refractivity contribution is 0.0602. The zero-order valence-electron chi connectivity index (χ0n) is 12.9. The number of aryl methyl sites for hydroxylation is 1. The van der Waals surface area contributed by atoms with Gasteiger partial charge in [0, 0.05) is 11.1 Å². The van der Waals surface area contributed by atoms with Crippen LogP contribution in [0.4, 0.5) is 5.69 Å². The summed E-state index contributed by atoms with van der Waals surface area (Å²) in [6.07, 6.45) is 0. The Hall–Kier alpha value is -2.27. The second-order valence-electron chi connectivity index (χ2n) is 4.83. The van der Waals surface area contributed by atoms with Gasteiger partial charge in [0.25, 0.3) is 0 Å². The summed E-state index contributed by atoms with van der Waals surface area (Å²) in [4.78, 5) is 16.1. The largest absolute Gasteiger partial charge is 0.496 e. The molecule has 2 N–H and O–H groups in total. The maximum absolute atomic E-state index is 11.8. The van der Waals surface area contributed by atoms with Crippen molar-refractivity contribution >= 4 is 23.3 Å². The van der Waals surface area contributed by atoms with Gasteiger partial charge in [-0.3, -0.25) is 0 Å². The van der Waals surface area contributed by atoms with Gasteiger partial charge in [-0.15, -0.1) is 0 Å². The summed E-state index contributed by atoms with van der Waals surface area (Å²) >= 11 is 6.05. The number of hydrogen-bond acceptors (Lipinski definition) is 5. The Morgan fingerprint density at radius 2 is 1.95 bits per heavy atom. The van der Waals surface area contributed by atoms with Gasteiger partial charge in [-0.1, -0.05) is 17.7 Å². The first kappa shape index (κ1) is 16.1. The fourth-order valence-corrected chi connectivity index (χ4v) is 2.60. The molecule has 2 rings (SSSR count). The average molecular weight is 321 g/mol. The molecule has 0 bridgehead atoms. The highest BCUT2D eigenvalue weighted by Crippen LogP contribution is 2.37. The van der Waals surface area contributed by atoms with Crippen LogP contribution in [0.15, 0.2) is 18.2 Å². The number of rotatable bonds is 3. The molecule has 0 amide bonds. The number of esters is 1. The van der Waals surface area contributed by atoms with E-state index in [-0.39, 0.29) is 16.4 Å². The quantitative estimate of drug-likeness (QED) is 0.693. The van der Waals surface area contributed by atoms with Gasteiger partial charge in [0.1, 0.15) is 10.9 Å². The summed E-state index contributed by atoms with van der Waals surface area (Å²) in [5, 5.41) is 0.172. The van der Waals surface area contributed by atoms with E-state index in [1.54, 1.807) is 7.11 Å². The summed E-state index contributed by atoms with van der Waals surface area (Å²) in [6.45, 7) is 3.84. The predicted octanol–water partition coefficient (Wildman–Crippen LogP) is 3.40. The molecule has 0 aliphatic carbocycles. The summed E-state index contributed by atoms with van der Waals surface area (Å²) in [6, 6.07) is 5.17.